The summed E-state index contributed by atoms with van der Waals surface area (Å²) in [5.74, 6) is -1.39. The summed E-state index contributed by atoms with van der Waals surface area (Å²) < 4.78 is 43.1. The van der Waals surface area contributed by atoms with Crippen molar-refractivity contribution in [2.45, 2.75) is 43.5 Å². The van der Waals surface area contributed by atoms with Gasteiger partial charge in [0.1, 0.15) is 12.0 Å². The van der Waals surface area contributed by atoms with Gasteiger partial charge in [0.2, 0.25) is 5.91 Å². The van der Waals surface area contributed by atoms with Gasteiger partial charge in [-0.25, -0.2) is 4.98 Å². The van der Waals surface area contributed by atoms with Crippen LogP contribution in [0.2, 0.25) is 0 Å². The van der Waals surface area contributed by atoms with Crippen molar-refractivity contribution in [3.05, 3.63) is 100 Å². The average Bonchev–Trinajstić information content (AvgIpc) is 3.42. The first-order valence-corrected chi connectivity index (χ1v) is 15.0. The lowest BCUT2D eigenvalue weighted by atomic mass is 9.79. The van der Waals surface area contributed by atoms with E-state index in [9.17, 15) is 32.7 Å². The number of carbonyl (C=O) groups is 2. The van der Waals surface area contributed by atoms with Crippen LogP contribution in [0.5, 0.6) is 0 Å². The van der Waals surface area contributed by atoms with Gasteiger partial charge in [-0.05, 0) is 49.1 Å². The van der Waals surface area contributed by atoms with Crippen molar-refractivity contribution in [3.8, 4) is 0 Å². The second kappa shape index (κ2) is 11.8. The number of carbonyl (C=O) groups excluding carboxylic acids is 2. The highest BCUT2D eigenvalue weighted by Gasteiger charge is 2.42. The van der Waals surface area contributed by atoms with Crippen LogP contribution >= 0.6 is 0 Å². The minimum atomic E-state index is -4.56. The number of piperidine rings is 2. The predicted octanol–water partition coefficient (Wildman–Crippen LogP) is 4.05. The molecular weight excluding hydrogens is 587 g/mol. The van der Waals surface area contributed by atoms with Crippen molar-refractivity contribution >= 4 is 22.8 Å². The molecule has 2 aromatic carbocycles. The molecule has 9 nitrogen and oxygen atoms in total. The summed E-state index contributed by atoms with van der Waals surface area (Å²) in [5, 5.41) is 11.9. The van der Waals surface area contributed by atoms with Gasteiger partial charge in [0.05, 0.1) is 23.1 Å². The van der Waals surface area contributed by atoms with Gasteiger partial charge >= 0.3 is 6.18 Å². The maximum atomic E-state index is 14.0. The molecule has 0 aliphatic carbocycles. The van der Waals surface area contributed by atoms with Crippen LogP contribution in [0.4, 0.5) is 13.2 Å². The Balaban J connectivity index is 1.16. The molecule has 2 atom stereocenters. The van der Waals surface area contributed by atoms with E-state index in [4.69, 9.17) is 0 Å². The fraction of sp³-hybridized carbons (Fsp3) is 0.394. The summed E-state index contributed by atoms with van der Waals surface area (Å²) in [6, 6.07) is 15.5. The number of alkyl halides is 3. The van der Waals surface area contributed by atoms with Gasteiger partial charge in [-0.1, -0.05) is 36.4 Å². The molecule has 0 spiro atoms. The number of fused-ring (bicyclic) bond motifs is 1. The molecule has 6 rings (SSSR count). The van der Waals surface area contributed by atoms with E-state index in [2.05, 4.69) is 4.98 Å². The highest BCUT2D eigenvalue weighted by Crippen LogP contribution is 2.36. The number of aliphatic hydroxyl groups is 1. The Morgan fingerprint density at radius 3 is 2.44 bits per heavy atom. The van der Waals surface area contributed by atoms with E-state index in [1.165, 1.54) is 27.9 Å². The van der Waals surface area contributed by atoms with Crippen LogP contribution in [0.1, 0.15) is 46.7 Å². The molecule has 4 heterocycles. The predicted molar refractivity (Wildman–Crippen MR) is 160 cm³/mol. The third-order valence-corrected chi connectivity index (χ3v) is 9.20. The number of amides is 2. The van der Waals surface area contributed by atoms with Gasteiger partial charge in [0.25, 0.3) is 11.5 Å². The van der Waals surface area contributed by atoms with Crippen LogP contribution in [0.25, 0.3) is 11.0 Å². The zero-order valence-electron chi connectivity index (χ0n) is 24.8. The van der Waals surface area contributed by atoms with Gasteiger partial charge in [0.15, 0.2) is 0 Å². The normalized spacial score (nSPS) is 20.4. The number of nitrogens with zero attached hydrogens (tertiary/aromatic N) is 5. The molecule has 0 bridgehead atoms. The Kier molecular flexibility index (Phi) is 8.02. The first-order valence-electron chi connectivity index (χ1n) is 15.0. The van der Waals surface area contributed by atoms with Crippen LogP contribution in [0, 0.1) is 5.92 Å². The number of likely N-dealkylation sites (tertiary alicyclic amines) is 2. The summed E-state index contributed by atoms with van der Waals surface area (Å²) >= 11 is 0. The fourth-order valence-corrected chi connectivity index (χ4v) is 6.63. The lowest BCUT2D eigenvalue weighted by molar-refractivity contribution is -0.142. The van der Waals surface area contributed by atoms with Crippen LogP contribution in [0.3, 0.4) is 0 Å². The molecule has 45 heavy (non-hydrogen) atoms. The Morgan fingerprint density at radius 2 is 1.73 bits per heavy atom. The Bertz CT molecular complexity index is 1780. The van der Waals surface area contributed by atoms with Crippen LogP contribution < -0.4 is 5.56 Å². The van der Waals surface area contributed by atoms with Gasteiger partial charge in [-0.15, -0.1) is 0 Å². The van der Waals surface area contributed by atoms with E-state index >= 15 is 0 Å². The van der Waals surface area contributed by atoms with E-state index < -0.39 is 29.2 Å². The van der Waals surface area contributed by atoms with Crippen LogP contribution in [-0.2, 0) is 24.6 Å². The molecule has 236 valence electrons. The molecule has 2 amide bonds. The number of benzene rings is 2. The van der Waals surface area contributed by atoms with E-state index in [-0.39, 0.29) is 55.4 Å². The van der Waals surface area contributed by atoms with Crippen LogP contribution in [0.15, 0.2) is 78.0 Å². The van der Waals surface area contributed by atoms with Crippen molar-refractivity contribution < 1.29 is 27.9 Å². The smallest absolute Gasteiger partial charge is 0.388 e. The topological polar surface area (TPSA) is 101 Å². The van der Waals surface area contributed by atoms with Gasteiger partial charge in [0, 0.05) is 56.8 Å². The second-order valence-corrected chi connectivity index (χ2v) is 12.1. The third kappa shape index (κ3) is 6.11. The summed E-state index contributed by atoms with van der Waals surface area (Å²) in [6.45, 7) is 1.08. The van der Waals surface area contributed by atoms with Crippen molar-refractivity contribution in [2.75, 3.05) is 26.2 Å². The van der Waals surface area contributed by atoms with Crippen molar-refractivity contribution in [1.29, 1.82) is 0 Å². The number of halogens is 3. The van der Waals surface area contributed by atoms with E-state index in [0.29, 0.717) is 30.5 Å². The summed E-state index contributed by atoms with van der Waals surface area (Å²) in [6.07, 6.45) is -0.454. The fourth-order valence-electron chi connectivity index (χ4n) is 6.63. The maximum absolute atomic E-state index is 14.0. The van der Waals surface area contributed by atoms with Crippen molar-refractivity contribution in [1.82, 2.24) is 23.9 Å². The minimum absolute atomic E-state index is 0.0440. The first kappa shape index (κ1) is 30.6. The number of aryl methyl sites for hydroxylation is 1. The van der Waals surface area contributed by atoms with Crippen molar-refractivity contribution in [3.63, 3.8) is 0 Å². The molecule has 2 fully saturated rings. The molecular formula is C33H34F3N5O4. The standard InChI is InChI=1S/C33H34F3N5O4/c1-38-14-10-26-28(38)37-21-41(31(26)44)20-32(45)12-16-39(17-13-32)30(43)25-11-15-40(19-27(25)22-6-3-2-4-7-22)29(42)23-8-5-9-24(18-23)33(34,35)36/h2-10,14,18,21,25,27,45H,11-13,15-17,19-20H2,1H3/t25-,27+/m1/s1. The molecule has 0 saturated carbocycles. The number of aromatic nitrogens is 3. The SMILES string of the molecule is Cn1ccc2c(=O)n(CC3(O)CCN(C(=O)[C@@H]4CCN(C(=O)c5cccc(C(F)(F)F)c5)C[C@H]4c4ccccc4)CC3)cnc21. The number of hydrogen-bond acceptors (Lipinski definition) is 5. The molecule has 0 radical (unpaired) electrons. The number of hydrogen-bond donors (Lipinski definition) is 1. The van der Waals surface area contributed by atoms with E-state index in [1.54, 1.807) is 28.8 Å². The summed E-state index contributed by atoms with van der Waals surface area (Å²) in [4.78, 5) is 47.9. The summed E-state index contributed by atoms with van der Waals surface area (Å²) in [7, 11) is 1.81. The molecule has 12 heteroatoms. The van der Waals surface area contributed by atoms with E-state index in [0.717, 1.165) is 17.7 Å². The average molecular weight is 622 g/mol. The Hall–Kier alpha value is -4.45. The molecule has 1 N–H and O–H groups in total. The molecule has 2 saturated heterocycles. The summed E-state index contributed by atoms with van der Waals surface area (Å²) in [5.41, 5.74) is -0.912. The maximum Gasteiger partial charge on any atom is 0.416 e. The minimum Gasteiger partial charge on any atom is -0.388 e. The van der Waals surface area contributed by atoms with Gasteiger partial charge < -0.3 is 19.5 Å². The van der Waals surface area contributed by atoms with Gasteiger partial charge in [-0.3, -0.25) is 19.0 Å². The van der Waals surface area contributed by atoms with Gasteiger partial charge in [-0.2, -0.15) is 13.2 Å². The van der Waals surface area contributed by atoms with E-state index in [1.807, 2.05) is 30.3 Å². The zero-order valence-corrected chi connectivity index (χ0v) is 24.8. The third-order valence-electron chi connectivity index (χ3n) is 9.20. The molecule has 2 aliphatic rings. The second-order valence-electron chi connectivity index (χ2n) is 12.1. The van der Waals surface area contributed by atoms with Crippen LogP contribution in [-0.4, -0.2) is 72.6 Å². The Labute approximate surface area is 257 Å². The highest BCUT2D eigenvalue weighted by molar-refractivity contribution is 5.94. The lowest BCUT2D eigenvalue weighted by Crippen LogP contribution is -2.53. The van der Waals surface area contributed by atoms with Crippen molar-refractivity contribution in [2.24, 2.45) is 13.0 Å². The molecule has 2 aliphatic heterocycles. The lowest BCUT2D eigenvalue weighted by Gasteiger charge is -2.43. The molecule has 4 aromatic rings. The highest BCUT2D eigenvalue weighted by atomic mass is 19.4. The Morgan fingerprint density at radius 1 is 1.00 bits per heavy atom. The molecule has 2 aromatic heterocycles. The zero-order chi connectivity index (χ0) is 31.9. The quantitative estimate of drug-likeness (QED) is 0.363. The monoisotopic (exact) mass is 621 g/mol. The molecule has 0 unspecified atom stereocenters. The number of rotatable bonds is 5. The largest absolute Gasteiger partial charge is 0.416 e. The first-order chi connectivity index (χ1) is 21.4.